The minimum Gasteiger partial charge on any atom is -0.468 e. The van der Waals surface area contributed by atoms with Crippen molar-refractivity contribution in [1.82, 2.24) is 15.2 Å². The Morgan fingerprint density at radius 3 is 3.08 bits per heavy atom. The van der Waals surface area contributed by atoms with E-state index in [-0.39, 0.29) is 18.1 Å². The van der Waals surface area contributed by atoms with Crippen molar-refractivity contribution < 1.29 is 13.9 Å². The molecule has 0 aromatic carbocycles. The van der Waals surface area contributed by atoms with Crippen LogP contribution in [0.4, 0.5) is 0 Å². The average molecular weight is 355 g/mol. The van der Waals surface area contributed by atoms with E-state index >= 15 is 0 Å². The van der Waals surface area contributed by atoms with Gasteiger partial charge in [-0.15, -0.1) is 0 Å². The Morgan fingerprint density at radius 1 is 1.31 bits per heavy atom. The predicted molar refractivity (Wildman–Crippen MR) is 96.3 cm³/mol. The highest BCUT2D eigenvalue weighted by molar-refractivity contribution is 5.81. The molecule has 6 nitrogen and oxygen atoms in total. The summed E-state index contributed by atoms with van der Waals surface area (Å²) < 4.78 is 11.5. The maximum Gasteiger partial charge on any atom is 0.249 e. The molecule has 1 N–H and O–H groups in total. The number of hydrogen-bond acceptors (Lipinski definition) is 5. The van der Waals surface area contributed by atoms with Crippen LogP contribution in [0.25, 0.3) is 0 Å². The van der Waals surface area contributed by atoms with Crippen LogP contribution in [0.5, 0.6) is 0 Å². The first-order valence-corrected chi connectivity index (χ1v) is 9.36. The SMILES string of the molecule is O=C(NCCc1ccccn1)[C@@H]1C[C@@H]2CCN(Cc3ccco3)C[C@@H]2O1. The monoisotopic (exact) mass is 355 g/mol. The number of ether oxygens (including phenoxy) is 1. The highest BCUT2D eigenvalue weighted by atomic mass is 16.5. The van der Waals surface area contributed by atoms with Crippen LogP contribution in [-0.4, -0.2) is 47.6 Å². The third-order valence-electron chi connectivity index (χ3n) is 5.29. The van der Waals surface area contributed by atoms with E-state index < -0.39 is 0 Å². The number of piperidine rings is 1. The molecule has 4 heterocycles. The summed E-state index contributed by atoms with van der Waals surface area (Å²) in [5.41, 5.74) is 0.988. The number of hydrogen-bond donors (Lipinski definition) is 1. The fraction of sp³-hybridized carbons (Fsp3) is 0.500. The number of carbonyl (C=O) groups is 1. The molecule has 4 rings (SSSR count). The molecule has 2 saturated heterocycles. The zero-order valence-corrected chi connectivity index (χ0v) is 14.8. The van der Waals surface area contributed by atoms with Crippen molar-refractivity contribution in [2.24, 2.45) is 5.92 Å². The van der Waals surface area contributed by atoms with E-state index in [0.29, 0.717) is 12.5 Å². The predicted octanol–water partition coefficient (Wildman–Crippen LogP) is 2.01. The quantitative estimate of drug-likeness (QED) is 0.859. The molecule has 26 heavy (non-hydrogen) atoms. The summed E-state index contributed by atoms with van der Waals surface area (Å²) in [7, 11) is 0. The topological polar surface area (TPSA) is 67.6 Å². The number of pyridine rings is 1. The van der Waals surface area contributed by atoms with E-state index in [0.717, 1.165) is 50.4 Å². The summed E-state index contributed by atoms with van der Waals surface area (Å²) in [6, 6.07) is 9.74. The van der Waals surface area contributed by atoms with Gasteiger partial charge in [0, 0.05) is 31.4 Å². The molecule has 2 aromatic rings. The highest BCUT2D eigenvalue weighted by Gasteiger charge is 2.41. The number of nitrogens with one attached hydrogen (secondary N) is 1. The molecule has 2 fully saturated rings. The van der Waals surface area contributed by atoms with Crippen molar-refractivity contribution in [3.05, 3.63) is 54.2 Å². The van der Waals surface area contributed by atoms with E-state index in [1.165, 1.54) is 0 Å². The maximum absolute atomic E-state index is 12.4. The molecule has 0 saturated carbocycles. The lowest BCUT2D eigenvalue weighted by atomic mass is 9.91. The summed E-state index contributed by atoms with van der Waals surface area (Å²) >= 11 is 0. The van der Waals surface area contributed by atoms with Crippen molar-refractivity contribution in [2.45, 2.75) is 38.0 Å². The molecule has 6 heteroatoms. The zero-order chi connectivity index (χ0) is 17.8. The van der Waals surface area contributed by atoms with E-state index in [1.54, 1.807) is 12.5 Å². The summed E-state index contributed by atoms with van der Waals surface area (Å²) in [5.74, 6) is 1.47. The van der Waals surface area contributed by atoms with Gasteiger partial charge in [-0.25, -0.2) is 0 Å². The number of furan rings is 1. The van der Waals surface area contributed by atoms with Crippen molar-refractivity contribution >= 4 is 5.91 Å². The molecular formula is C20H25N3O3. The van der Waals surface area contributed by atoms with Gasteiger partial charge in [0.2, 0.25) is 5.91 Å². The molecule has 0 unspecified atom stereocenters. The third kappa shape index (κ3) is 4.14. The first-order chi connectivity index (χ1) is 12.8. The van der Waals surface area contributed by atoms with Gasteiger partial charge in [-0.2, -0.15) is 0 Å². The fourth-order valence-electron chi connectivity index (χ4n) is 3.90. The molecular weight excluding hydrogens is 330 g/mol. The van der Waals surface area contributed by atoms with Crippen LogP contribution in [0.1, 0.15) is 24.3 Å². The molecule has 2 aliphatic rings. The number of fused-ring (bicyclic) bond motifs is 1. The van der Waals surface area contributed by atoms with Crippen LogP contribution >= 0.6 is 0 Å². The minimum atomic E-state index is -0.322. The van der Waals surface area contributed by atoms with Crippen molar-refractivity contribution in [2.75, 3.05) is 19.6 Å². The van der Waals surface area contributed by atoms with Crippen molar-refractivity contribution in [3.63, 3.8) is 0 Å². The van der Waals surface area contributed by atoms with Crippen molar-refractivity contribution in [1.29, 1.82) is 0 Å². The number of amides is 1. The second-order valence-corrected chi connectivity index (χ2v) is 7.12. The van der Waals surface area contributed by atoms with E-state index in [9.17, 15) is 4.79 Å². The van der Waals surface area contributed by atoms with Crippen LogP contribution in [0.3, 0.4) is 0 Å². The number of carbonyl (C=O) groups excluding carboxylic acids is 1. The number of rotatable bonds is 6. The first kappa shape index (κ1) is 17.2. The Labute approximate surface area is 153 Å². The molecule has 138 valence electrons. The zero-order valence-electron chi connectivity index (χ0n) is 14.8. The molecule has 1 amide bonds. The van der Waals surface area contributed by atoms with Gasteiger partial charge in [0.05, 0.1) is 18.9 Å². The lowest BCUT2D eigenvalue weighted by Crippen LogP contribution is -2.42. The Bertz CT molecular complexity index is 704. The number of aromatic nitrogens is 1. The Hall–Kier alpha value is -2.18. The second-order valence-electron chi connectivity index (χ2n) is 7.12. The standard InChI is InChI=1S/C20H25N3O3/c24-20(22-9-6-16-4-1-2-8-21-16)18-12-15-7-10-23(14-19(15)26-18)13-17-5-3-11-25-17/h1-5,8,11,15,18-19H,6-7,9-10,12-14H2,(H,22,24)/t15-,18-,19-/m0/s1. The van der Waals surface area contributed by atoms with Crippen LogP contribution in [0, 0.1) is 5.92 Å². The summed E-state index contributed by atoms with van der Waals surface area (Å²) in [6.07, 6.45) is 5.94. The first-order valence-electron chi connectivity index (χ1n) is 9.36. The molecule has 0 radical (unpaired) electrons. The van der Waals surface area contributed by atoms with Gasteiger partial charge in [0.25, 0.3) is 0 Å². The lowest BCUT2D eigenvalue weighted by molar-refractivity contribution is -0.132. The normalized spacial score (nSPS) is 25.8. The van der Waals surface area contributed by atoms with Gasteiger partial charge in [-0.3, -0.25) is 14.7 Å². The van der Waals surface area contributed by atoms with Crippen LogP contribution in [0.2, 0.25) is 0 Å². The highest BCUT2D eigenvalue weighted by Crippen LogP contribution is 2.33. The Balaban J connectivity index is 1.23. The molecule has 2 aromatic heterocycles. The Morgan fingerprint density at radius 2 is 2.27 bits per heavy atom. The van der Waals surface area contributed by atoms with E-state index in [2.05, 4.69) is 15.2 Å². The molecule has 0 spiro atoms. The lowest BCUT2D eigenvalue weighted by Gasteiger charge is -2.33. The van der Waals surface area contributed by atoms with Crippen LogP contribution < -0.4 is 5.32 Å². The largest absolute Gasteiger partial charge is 0.468 e. The second kappa shape index (κ2) is 8.01. The van der Waals surface area contributed by atoms with E-state index in [1.807, 2.05) is 30.3 Å². The van der Waals surface area contributed by atoms with E-state index in [4.69, 9.17) is 9.15 Å². The smallest absolute Gasteiger partial charge is 0.249 e. The summed E-state index contributed by atoms with van der Waals surface area (Å²) in [4.78, 5) is 19.1. The maximum atomic E-state index is 12.4. The van der Waals surface area contributed by atoms with Crippen LogP contribution in [0.15, 0.2) is 47.2 Å². The fourth-order valence-corrected chi connectivity index (χ4v) is 3.90. The van der Waals surface area contributed by atoms with Gasteiger partial charge < -0.3 is 14.5 Å². The Kier molecular flexibility index (Phi) is 5.32. The van der Waals surface area contributed by atoms with Gasteiger partial charge in [-0.1, -0.05) is 6.07 Å². The van der Waals surface area contributed by atoms with Gasteiger partial charge in [0.15, 0.2) is 0 Å². The van der Waals surface area contributed by atoms with Gasteiger partial charge in [-0.05, 0) is 49.6 Å². The molecule has 2 aliphatic heterocycles. The summed E-state index contributed by atoms with van der Waals surface area (Å²) in [6.45, 7) is 3.29. The molecule has 0 bridgehead atoms. The summed E-state index contributed by atoms with van der Waals surface area (Å²) in [5, 5.41) is 3.00. The minimum absolute atomic E-state index is 0.00733. The number of nitrogens with zero attached hydrogens (tertiary/aromatic N) is 2. The van der Waals surface area contributed by atoms with Gasteiger partial charge in [0.1, 0.15) is 11.9 Å². The third-order valence-corrected chi connectivity index (χ3v) is 5.29. The van der Waals surface area contributed by atoms with Crippen LogP contribution in [-0.2, 0) is 22.5 Å². The average Bonchev–Trinajstić information content (AvgIpc) is 3.32. The van der Waals surface area contributed by atoms with Crippen molar-refractivity contribution in [3.8, 4) is 0 Å². The molecule has 0 aliphatic carbocycles. The molecule has 3 atom stereocenters. The number of likely N-dealkylation sites (tertiary alicyclic amines) is 1. The van der Waals surface area contributed by atoms with Gasteiger partial charge >= 0.3 is 0 Å².